The third-order valence-corrected chi connectivity index (χ3v) is 6.05. The summed E-state index contributed by atoms with van der Waals surface area (Å²) >= 11 is 0. The van der Waals surface area contributed by atoms with Gasteiger partial charge in [0.05, 0.1) is 0 Å². The van der Waals surface area contributed by atoms with E-state index in [0.29, 0.717) is 6.42 Å². The van der Waals surface area contributed by atoms with Crippen LogP contribution in [-0.2, 0) is 4.79 Å². The molecule has 0 atom stereocenters. The van der Waals surface area contributed by atoms with Crippen LogP contribution in [0.5, 0.6) is 0 Å². The lowest BCUT2D eigenvalue weighted by Crippen LogP contribution is -2.41. The molecule has 0 aliphatic carbocycles. The van der Waals surface area contributed by atoms with Gasteiger partial charge in [0.25, 0.3) is 0 Å². The van der Waals surface area contributed by atoms with Gasteiger partial charge in [-0.1, -0.05) is 136 Å². The van der Waals surface area contributed by atoms with Gasteiger partial charge < -0.3 is 0 Å². The molecule has 0 heterocycles. The van der Waals surface area contributed by atoms with E-state index in [0.717, 1.165) is 19.5 Å². The van der Waals surface area contributed by atoms with Crippen molar-refractivity contribution in [2.45, 2.75) is 149 Å². The number of hydrogen-bond acceptors (Lipinski definition) is 2. The fraction of sp³-hybridized carbons (Fsp3) is 0.962. The molecule has 1 N–H and O–H groups in total. The molecule has 0 radical (unpaired) electrons. The lowest BCUT2D eigenvalue weighted by molar-refractivity contribution is -0.125. The molecular formula is C26H54N2O. The van der Waals surface area contributed by atoms with Crippen LogP contribution in [0.4, 0.5) is 0 Å². The SMILES string of the molecule is CCCCCCCCCCCCCCCCCCCCCC(=O)NN(CC)CC. The molecule has 29 heavy (non-hydrogen) atoms. The molecule has 3 nitrogen and oxygen atoms in total. The van der Waals surface area contributed by atoms with E-state index in [-0.39, 0.29) is 5.91 Å². The standard InChI is InChI=1S/C26H54N2O/c1-4-7-8-9-10-11-12-13-14-15-16-17-18-19-20-21-22-23-24-25-26(29)27-28(5-2)6-3/h4-25H2,1-3H3,(H,27,29). The minimum absolute atomic E-state index is 0.181. The van der Waals surface area contributed by atoms with Crippen LogP contribution in [0.2, 0.25) is 0 Å². The summed E-state index contributed by atoms with van der Waals surface area (Å²) in [7, 11) is 0. The molecule has 0 aromatic rings. The largest absolute Gasteiger partial charge is 0.289 e. The number of nitrogens with zero attached hydrogens (tertiary/aromatic N) is 1. The Morgan fingerprint density at radius 3 is 1.14 bits per heavy atom. The Balaban J connectivity index is 3.14. The summed E-state index contributed by atoms with van der Waals surface area (Å²) in [6.07, 6.45) is 27.1. The van der Waals surface area contributed by atoms with Gasteiger partial charge in [-0.3, -0.25) is 10.2 Å². The van der Waals surface area contributed by atoms with Gasteiger partial charge in [0.15, 0.2) is 0 Å². The van der Waals surface area contributed by atoms with Gasteiger partial charge in [0, 0.05) is 19.5 Å². The van der Waals surface area contributed by atoms with Crippen LogP contribution < -0.4 is 5.43 Å². The molecule has 0 rings (SSSR count). The van der Waals surface area contributed by atoms with Gasteiger partial charge in [-0.2, -0.15) is 0 Å². The first-order valence-electron chi connectivity index (χ1n) is 13.3. The zero-order chi connectivity index (χ0) is 21.4. The van der Waals surface area contributed by atoms with Crippen molar-refractivity contribution in [2.24, 2.45) is 0 Å². The molecule has 0 fully saturated rings. The highest BCUT2D eigenvalue weighted by atomic mass is 16.2. The number of rotatable bonds is 23. The van der Waals surface area contributed by atoms with Crippen molar-refractivity contribution in [3.8, 4) is 0 Å². The van der Waals surface area contributed by atoms with Crippen LogP contribution in [0, 0.1) is 0 Å². The van der Waals surface area contributed by atoms with Crippen LogP contribution in [0.15, 0.2) is 0 Å². The van der Waals surface area contributed by atoms with Crippen LogP contribution in [0.25, 0.3) is 0 Å². The van der Waals surface area contributed by atoms with Gasteiger partial charge in [-0.05, 0) is 6.42 Å². The highest BCUT2D eigenvalue weighted by molar-refractivity contribution is 5.75. The number of unbranched alkanes of at least 4 members (excludes halogenated alkanes) is 18. The van der Waals surface area contributed by atoms with Crippen molar-refractivity contribution < 1.29 is 4.79 Å². The Kier molecular flexibility index (Phi) is 23.2. The van der Waals surface area contributed by atoms with Crippen molar-refractivity contribution in [3.63, 3.8) is 0 Å². The second kappa shape index (κ2) is 23.7. The minimum Gasteiger partial charge on any atom is -0.289 e. The molecule has 0 saturated heterocycles. The quantitative estimate of drug-likeness (QED) is 0.136. The highest BCUT2D eigenvalue weighted by Gasteiger charge is 2.04. The minimum atomic E-state index is 0.181. The van der Waals surface area contributed by atoms with E-state index in [1.807, 2.05) is 5.01 Å². The van der Waals surface area contributed by atoms with Gasteiger partial charge in [-0.25, -0.2) is 5.01 Å². The van der Waals surface area contributed by atoms with Crippen LogP contribution in [0.1, 0.15) is 149 Å². The molecule has 174 valence electrons. The number of carbonyl (C=O) groups is 1. The molecule has 0 aliphatic rings. The Morgan fingerprint density at radius 1 is 0.517 bits per heavy atom. The third kappa shape index (κ3) is 21.9. The summed E-state index contributed by atoms with van der Waals surface area (Å²) in [6.45, 7) is 8.18. The zero-order valence-electron chi connectivity index (χ0n) is 20.4. The Hall–Kier alpha value is -0.570. The Bertz CT molecular complexity index is 329. The first-order chi connectivity index (χ1) is 14.2. The number of nitrogens with one attached hydrogen (secondary N) is 1. The van der Waals surface area contributed by atoms with Gasteiger partial charge >= 0.3 is 0 Å². The molecule has 1 amide bonds. The van der Waals surface area contributed by atoms with Crippen LogP contribution >= 0.6 is 0 Å². The van der Waals surface area contributed by atoms with Crippen molar-refractivity contribution in [1.82, 2.24) is 10.4 Å². The predicted octanol–water partition coefficient (Wildman–Crippen LogP) is 8.18. The van der Waals surface area contributed by atoms with Crippen LogP contribution in [-0.4, -0.2) is 24.0 Å². The summed E-state index contributed by atoms with van der Waals surface area (Å²) in [5, 5.41) is 1.97. The molecule has 0 bridgehead atoms. The topological polar surface area (TPSA) is 32.3 Å². The summed E-state index contributed by atoms with van der Waals surface area (Å²) < 4.78 is 0. The van der Waals surface area contributed by atoms with E-state index in [1.165, 1.54) is 116 Å². The summed E-state index contributed by atoms with van der Waals surface area (Å²) in [5.41, 5.74) is 2.97. The number of amides is 1. The molecular weight excluding hydrogens is 356 g/mol. The smallest absolute Gasteiger partial charge is 0.234 e. The van der Waals surface area contributed by atoms with E-state index >= 15 is 0 Å². The van der Waals surface area contributed by atoms with E-state index in [2.05, 4.69) is 26.2 Å². The maximum atomic E-state index is 11.8. The summed E-state index contributed by atoms with van der Waals surface area (Å²) in [4.78, 5) is 11.8. The Morgan fingerprint density at radius 2 is 0.828 bits per heavy atom. The lowest BCUT2D eigenvalue weighted by Gasteiger charge is -2.19. The first-order valence-corrected chi connectivity index (χ1v) is 13.3. The maximum Gasteiger partial charge on any atom is 0.234 e. The number of carbonyl (C=O) groups excluding carboxylic acids is 1. The van der Waals surface area contributed by atoms with E-state index in [1.54, 1.807) is 0 Å². The number of hydrogen-bond donors (Lipinski definition) is 1. The molecule has 0 aliphatic heterocycles. The van der Waals surface area contributed by atoms with Crippen molar-refractivity contribution in [2.75, 3.05) is 13.1 Å². The second-order valence-electron chi connectivity index (χ2n) is 8.82. The summed E-state index contributed by atoms with van der Waals surface area (Å²) in [5.74, 6) is 0.181. The third-order valence-electron chi connectivity index (χ3n) is 6.05. The molecule has 0 saturated carbocycles. The normalized spacial score (nSPS) is 11.3. The first kappa shape index (κ1) is 28.4. The fourth-order valence-electron chi connectivity index (χ4n) is 3.98. The highest BCUT2D eigenvalue weighted by Crippen LogP contribution is 2.14. The maximum absolute atomic E-state index is 11.8. The van der Waals surface area contributed by atoms with Crippen molar-refractivity contribution >= 4 is 5.91 Å². The average Bonchev–Trinajstić information content (AvgIpc) is 2.73. The second-order valence-corrected chi connectivity index (χ2v) is 8.82. The van der Waals surface area contributed by atoms with Crippen LogP contribution in [0.3, 0.4) is 0 Å². The summed E-state index contributed by atoms with van der Waals surface area (Å²) in [6, 6.07) is 0. The van der Waals surface area contributed by atoms with E-state index < -0.39 is 0 Å². The Labute approximate surface area is 183 Å². The lowest BCUT2D eigenvalue weighted by atomic mass is 10.0. The molecule has 0 aromatic carbocycles. The van der Waals surface area contributed by atoms with Crippen molar-refractivity contribution in [3.05, 3.63) is 0 Å². The molecule has 0 aromatic heterocycles. The van der Waals surface area contributed by atoms with Gasteiger partial charge in [0.2, 0.25) is 5.91 Å². The zero-order valence-corrected chi connectivity index (χ0v) is 20.4. The van der Waals surface area contributed by atoms with E-state index in [9.17, 15) is 4.79 Å². The predicted molar refractivity (Wildman–Crippen MR) is 129 cm³/mol. The van der Waals surface area contributed by atoms with Gasteiger partial charge in [0.1, 0.15) is 0 Å². The molecule has 3 heteroatoms. The molecule has 0 unspecified atom stereocenters. The number of hydrazine groups is 1. The molecule has 0 spiro atoms. The fourth-order valence-corrected chi connectivity index (χ4v) is 3.98. The average molecular weight is 411 g/mol. The van der Waals surface area contributed by atoms with Crippen molar-refractivity contribution in [1.29, 1.82) is 0 Å². The monoisotopic (exact) mass is 410 g/mol. The van der Waals surface area contributed by atoms with E-state index in [4.69, 9.17) is 0 Å². The van der Waals surface area contributed by atoms with Gasteiger partial charge in [-0.15, -0.1) is 0 Å².